The molecule has 0 fully saturated rings. The molecule has 7 aromatic carbocycles. The van der Waals surface area contributed by atoms with E-state index in [0.717, 1.165) is 0 Å². The van der Waals surface area contributed by atoms with Gasteiger partial charge in [0.1, 0.15) is 8.07 Å². The fourth-order valence-electron chi connectivity index (χ4n) is 8.62. The van der Waals surface area contributed by atoms with Crippen LogP contribution in [0.2, 0.25) is 13.1 Å². The smallest absolute Gasteiger partial charge is 0.0623 e. The summed E-state index contributed by atoms with van der Waals surface area (Å²) in [5, 5.41) is 14.2. The maximum Gasteiger partial charge on any atom is 0.114 e. The van der Waals surface area contributed by atoms with Crippen LogP contribution in [-0.2, 0) is 5.41 Å². The number of rotatable bonds is 0. The molecule has 2 aliphatic rings. The van der Waals surface area contributed by atoms with Gasteiger partial charge in [-0.3, -0.25) is 0 Å². The Morgan fingerprint density at radius 2 is 0.950 bits per heavy atom. The largest absolute Gasteiger partial charge is 0.114 e. The summed E-state index contributed by atoms with van der Waals surface area (Å²) in [6.45, 7) is 10.1. The van der Waals surface area contributed by atoms with Gasteiger partial charge in [-0.15, -0.1) is 0 Å². The second-order valence-electron chi connectivity index (χ2n) is 12.8. The summed E-state index contributed by atoms with van der Waals surface area (Å²) in [7, 11) is -1.90. The van der Waals surface area contributed by atoms with Crippen LogP contribution in [0.25, 0.3) is 65.3 Å². The standard InChI is InChI=1S/C39H30Si/c1-39(2)36-31(22-21-30-25-15-11-12-20-32(25)40(3,4)38(30)36)34-29-19-10-9-18-28(29)33-26-16-7-5-13-23(26)24-14-6-8-17-27(24)35(33)37(34)39/h5-22H,1-4H3. The van der Waals surface area contributed by atoms with E-state index in [9.17, 15) is 0 Å². The molecule has 0 amide bonds. The van der Waals surface area contributed by atoms with E-state index in [1.165, 1.54) is 70.9 Å². The van der Waals surface area contributed by atoms with Gasteiger partial charge >= 0.3 is 0 Å². The molecule has 0 atom stereocenters. The number of hydrogen-bond acceptors (Lipinski definition) is 0. The van der Waals surface area contributed by atoms with Gasteiger partial charge in [-0.2, -0.15) is 0 Å². The topological polar surface area (TPSA) is 0 Å². The van der Waals surface area contributed by atoms with Crippen molar-refractivity contribution >= 4 is 61.5 Å². The van der Waals surface area contributed by atoms with Crippen LogP contribution in [0.3, 0.4) is 0 Å². The van der Waals surface area contributed by atoms with E-state index in [-0.39, 0.29) is 5.41 Å². The molecule has 7 aromatic rings. The third-order valence-electron chi connectivity index (χ3n) is 10.1. The fraction of sp³-hybridized carbons (Fsp3) is 0.128. The van der Waals surface area contributed by atoms with E-state index < -0.39 is 8.07 Å². The first kappa shape index (κ1) is 22.6. The SMILES string of the molecule is CC1(C)c2c(ccc3c2[Si](C)(C)c2ccccc2-3)-c2c1c1c3ccccc3c3ccccc3c1c1ccccc21. The van der Waals surface area contributed by atoms with Gasteiger partial charge in [-0.25, -0.2) is 0 Å². The van der Waals surface area contributed by atoms with Crippen molar-refractivity contribution in [1.29, 1.82) is 0 Å². The van der Waals surface area contributed by atoms with Crippen molar-refractivity contribution in [2.45, 2.75) is 32.4 Å². The first-order chi connectivity index (χ1) is 19.4. The van der Waals surface area contributed by atoms with Gasteiger partial charge in [0.25, 0.3) is 0 Å². The van der Waals surface area contributed by atoms with E-state index in [2.05, 4.69) is 136 Å². The number of benzene rings is 7. The summed E-state index contributed by atoms with van der Waals surface area (Å²) < 4.78 is 0. The lowest BCUT2D eigenvalue weighted by molar-refractivity contribution is 0.671. The van der Waals surface area contributed by atoms with Gasteiger partial charge < -0.3 is 0 Å². The maximum absolute atomic E-state index is 2.57. The van der Waals surface area contributed by atoms with Crippen molar-refractivity contribution in [3.8, 4) is 22.3 Å². The first-order valence-electron chi connectivity index (χ1n) is 14.5. The van der Waals surface area contributed by atoms with Crippen LogP contribution in [0.15, 0.2) is 109 Å². The molecule has 1 heteroatoms. The average Bonchev–Trinajstić information content (AvgIpc) is 3.37. The third kappa shape index (κ3) is 2.49. The molecule has 0 radical (unpaired) electrons. The zero-order valence-electron chi connectivity index (χ0n) is 23.4. The summed E-state index contributed by atoms with van der Waals surface area (Å²) in [6, 6.07) is 41.4. The summed E-state index contributed by atoms with van der Waals surface area (Å²) in [5.74, 6) is 0. The maximum atomic E-state index is 2.57. The van der Waals surface area contributed by atoms with Crippen molar-refractivity contribution in [3.63, 3.8) is 0 Å². The minimum absolute atomic E-state index is 0.129. The zero-order chi connectivity index (χ0) is 27.0. The Bertz CT molecular complexity index is 2260. The molecule has 0 spiro atoms. The van der Waals surface area contributed by atoms with Crippen LogP contribution in [0.5, 0.6) is 0 Å². The Hall–Kier alpha value is -4.20. The molecule has 0 unspecified atom stereocenters. The quantitative estimate of drug-likeness (QED) is 0.136. The van der Waals surface area contributed by atoms with E-state index >= 15 is 0 Å². The predicted octanol–water partition coefficient (Wildman–Crippen LogP) is 9.41. The molecule has 0 nitrogen and oxygen atoms in total. The second-order valence-corrected chi connectivity index (χ2v) is 17.1. The number of hydrogen-bond donors (Lipinski definition) is 0. The Morgan fingerprint density at radius 3 is 1.62 bits per heavy atom. The van der Waals surface area contributed by atoms with E-state index in [1.54, 1.807) is 15.9 Å². The van der Waals surface area contributed by atoms with Crippen LogP contribution < -0.4 is 10.4 Å². The molecule has 9 rings (SSSR count). The molecule has 0 aromatic heterocycles. The summed E-state index contributed by atoms with van der Waals surface area (Å²) in [5.41, 5.74) is 8.77. The Morgan fingerprint density at radius 1 is 0.450 bits per heavy atom. The van der Waals surface area contributed by atoms with Crippen molar-refractivity contribution in [2.24, 2.45) is 0 Å². The molecule has 0 saturated carbocycles. The Balaban J connectivity index is 1.55. The predicted molar refractivity (Wildman–Crippen MR) is 176 cm³/mol. The lowest BCUT2D eigenvalue weighted by Gasteiger charge is -2.30. The van der Waals surface area contributed by atoms with Gasteiger partial charge in [-0.1, -0.05) is 136 Å². The molecule has 1 aliphatic heterocycles. The minimum atomic E-state index is -1.90. The highest BCUT2D eigenvalue weighted by molar-refractivity contribution is 7.04. The van der Waals surface area contributed by atoms with Crippen LogP contribution in [-0.4, -0.2) is 8.07 Å². The minimum Gasteiger partial charge on any atom is -0.0623 e. The summed E-state index contributed by atoms with van der Waals surface area (Å²) >= 11 is 0. The second kappa shape index (κ2) is 7.30. The first-order valence-corrected chi connectivity index (χ1v) is 17.5. The highest BCUT2D eigenvalue weighted by Crippen LogP contribution is 2.57. The molecule has 190 valence electrons. The Kier molecular flexibility index (Phi) is 4.12. The van der Waals surface area contributed by atoms with Gasteiger partial charge in [-0.05, 0) is 86.8 Å². The molecule has 0 N–H and O–H groups in total. The van der Waals surface area contributed by atoms with Crippen LogP contribution in [0.1, 0.15) is 25.0 Å². The zero-order valence-corrected chi connectivity index (χ0v) is 24.4. The number of fused-ring (bicyclic) bond motifs is 17. The van der Waals surface area contributed by atoms with Gasteiger partial charge in [0, 0.05) is 5.41 Å². The van der Waals surface area contributed by atoms with E-state index in [0.29, 0.717) is 0 Å². The molecule has 40 heavy (non-hydrogen) atoms. The summed E-state index contributed by atoms with van der Waals surface area (Å²) in [4.78, 5) is 0. The lowest BCUT2D eigenvalue weighted by atomic mass is 9.77. The van der Waals surface area contributed by atoms with Crippen LogP contribution in [0.4, 0.5) is 0 Å². The molecule has 0 bridgehead atoms. The highest BCUT2D eigenvalue weighted by Gasteiger charge is 2.47. The van der Waals surface area contributed by atoms with Crippen molar-refractivity contribution in [2.75, 3.05) is 0 Å². The van der Waals surface area contributed by atoms with E-state index in [1.807, 2.05) is 0 Å². The summed E-state index contributed by atoms with van der Waals surface area (Å²) in [6.07, 6.45) is 0. The van der Waals surface area contributed by atoms with Crippen LogP contribution in [0, 0.1) is 0 Å². The monoisotopic (exact) mass is 526 g/mol. The molecular weight excluding hydrogens is 497 g/mol. The average molecular weight is 527 g/mol. The van der Waals surface area contributed by atoms with Crippen molar-refractivity contribution in [1.82, 2.24) is 0 Å². The molecule has 1 aliphatic carbocycles. The van der Waals surface area contributed by atoms with Crippen molar-refractivity contribution < 1.29 is 0 Å². The van der Waals surface area contributed by atoms with Crippen molar-refractivity contribution in [3.05, 3.63) is 120 Å². The normalized spacial score (nSPS) is 15.9. The molecular formula is C39H30Si. The lowest BCUT2D eigenvalue weighted by Crippen LogP contribution is -2.52. The molecule has 1 heterocycles. The van der Waals surface area contributed by atoms with Gasteiger partial charge in [0.2, 0.25) is 0 Å². The fourth-order valence-corrected chi connectivity index (χ4v) is 12.3. The van der Waals surface area contributed by atoms with Gasteiger partial charge in [0.05, 0.1) is 0 Å². The third-order valence-corrected chi connectivity index (χ3v) is 13.7. The Labute approximate surface area is 235 Å². The molecule has 0 saturated heterocycles. The van der Waals surface area contributed by atoms with Gasteiger partial charge in [0.15, 0.2) is 0 Å². The highest BCUT2D eigenvalue weighted by atomic mass is 28.3. The van der Waals surface area contributed by atoms with Crippen LogP contribution >= 0.6 is 0 Å². The van der Waals surface area contributed by atoms with E-state index in [4.69, 9.17) is 0 Å².